The van der Waals surface area contributed by atoms with Crippen molar-refractivity contribution in [3.63, 3.8) is 0 Å². The fraction of sp³-hybridized carbons (Fsp3) is 0.200. The molecule has 1 atom stereocenters. The number of rotatable bonds is 3. The van der Waals surface area contributed by atoms with Crippen LogP contribution in [0.4, 0.5) is 5.69 Å². The van der Waals surface area contributed by atoms with Crippen molar-refractivity contribution in [3.8, 4) is 0 Å². The zero-order chi connectivity index (χ0) is 11.4. The summed E-state index contributed by atoms with van der Waals surface area (Å²) in [5.74, 6) is -0.922. The van der Waals surface area contributed by atoms with Gasteiger partial charge in [-0.1, -0.05) is 11.6 Å². The van der Waals surface area contributed by atoms with Crippen LogP contribution in [0, 0.1) is 0 Å². The van der Waals surface area contributed by atoms with E-state index in [4.69, 9.17) is 23.2 Å². The average Bonchev–Trinajstić information content (AvgIpc) is 2.20. The third-order valence-corrected chi connectivity index (χ3v) is 2.46. The van der Waals surface area contributed by atoms with Crippen molar-refractivity contribution < 1.29 is 9.59 Å². The maximum Gasteiger partial charge on any atom is 0.250 e. The van der Waals surface area contributed by atoms with Gasteiger partial charge in [-0.15, -0.1) is 11.6 Å². The summed E-state index contributed by atoms with van der Waals surface area (Å²) in [6.45, 7) is 1.26. The molecule has 0 aliphatic carbocycles. The van der Waals surface area contributed by atoms with E-state index in [1.54, 1.807) is 24.3 Å². The molecule has 0 aromatic heterocycles. The molecule has 0 unspecified atom stereocenters. The minimum absolute atomic E-state index is 0.386. The van der Waals surface area contributed by atoms with Gasteiger partial charge >= 0.3 is 0 Å². The highest BCUT2D eigenvalue weighted by atomic mass is 35.5. The van der Waals surface area contributed by atoms with Gasteiger partial charge in [-0.25, -0.2) is 0 Å². The number of anilines is 1. The molecular weight excluding hydrogens is 237 g/mol. The first-order chi connectivity index (χ1) is 7.00. The van der Waals surface area contributed by atoms with E-state index in [1.807, 2.05) is 0 Å². The summed E-state index contributed by atoms with van der Waals surface area (Å²) < 4.78 is 0. The molecule has 1 aromatic carbocycles. The van der Waals surface area contributed by atoms with Crippen LogP contribution in [0.1, 0.15) is 6.92 Å². The summed E-state index contributed by atoms with van der Waals surface area (Å²) in [5.41, 5.74) is 0.552. The van der Waals surface area contributed by atoms with Crippen LogP contribution in [-0.2, 0) is 9.59 Å². The molecule has 15 heavy (non-hydrogen) atoms. The van der Waals surface area contributed by atoms with Gasteiger partial charge in [0.25, 0.3) is 0 Å². The molecule has 0 aliphatic rings. The molecule has 0 fully saturated rings. The highest BCUT2D eigenvalue weighted by molar-refractivity contribution is 6.43. The predicted octanol–water partition coefficient (Wildman–Crippen LogP) is 2.47. The third-order valence-electron chi connectivity index (χ3n) is 1.70. The molecule has 0 spiro atoms. The minimum Gasteiger partial charge on any atom is -0.324 e. The van der Waals surface area contributed by atoms with E-state index in [0.29, 0.717) is 10.7 Å². The van der Waals surface area contributed by atoms with Crippen molar-refractivity contribution in [2.45, 2.75) is 12.3 Å². The fourth-order valence-corrected chi connectivity index (χ4v) is 1.10. The van der Waals surface area contributed by atoms with Gasteiger partial charge < -0.3 is 5.32 Å². The molecular formula is C10H9Cl2NO2. The van der Waals surface area contributed by atoms with Gasteiger partial charge in [-0.2, -0.15) is 0 Å². The smallest absolute Gasteiger partial charge is 0.250 e. The second kappa shape index (κ2) is 5.14. The second-order valence-corrected chi connectivity index (χ2v) is 3.84. The predicted molar refractivity (Wildman–Crippen MR) is 60.4 cm³/mol. The number of alkyl halides is 1. The number of hydrogen-bond donors (Lipinski definition) is 1. The Kier molecular flexibility index (Phi) is 4.12. The maximum atomic E-state index is 11.3. The molecule has 0 bridgehead atoms. The van der Waals surface area contributed by atoms with E-state index in [2.05, 4.69) is 5.32 Å². The number of ketones is 1. The van der Waals surface area contributed by atoms with Crippen LogP contribution in [-0.4, -0.2) is 17.1 Å². The molecule has 0 saturated carbocycles. The van der Waals surface area contributed by atoms with Crippen LogP contribution in [0.3, 0.4) is 0 Å². The lowest BCUT2D eigenvalue weighted by atomic mass is 10.2. The Morgan fingerprint density at radius 3 is 2.27 bits per heavy atom. The highest BCUT2D eigenvalue weighted by Crippen LogP contribution is 2.14. The zero-order valence-electron chi connectivity index (χ0n) is 7.96. The number of carbonyl (C=O) groups is 2. The van der Waals surface area contributed by atoms with E-state index in [-0.39, 0.29) is 5.78 Å². The summed E-state index contributed by atoms with van der Waals surface area (Å²) in [6.07, 6.45) is 0. The molecule has 0 heterocycles. The van der Waals surface area contributed by atoms with E-state index in [0.717, 1.165) is 0 Å². The van der Waals surface area contributed by atoms with E-state index < -0.39 is 11.3 Å². The largest absolute Gasteiger partial charge is 0.324 e. The van der Waals surface area contributed by atoms with Gasteiger partial charge in [0.15, 0.2) is 11.2 Å². The Hall–Kier alpha value is -1.06. The number of hydrogen-bond acceptors (Lipinski definition) is 2. The number of Topliss-reactive ketones (excluding diaryl/α,β-unsaturated/α-hetero) is 1. The first kappa shape index (κ1) is 12.0. The van der Waals surface area contributed by atoms with E-state index in [1.165, 1.54) is 6.92 Å². The molecule has 80 valence electrons. The molecule has 0 aliphatic heterocycles. The van der Waals surface area contributed by atoms with Gasteiger partial charge in [0.05, 0.1) is 0 Å². The number of nitrogens with one attached hydrogen (secondary N) is 1. The van der Waals surface area contributed by atoms with Crippen LogP contribution in [0.15, 0.2) is 24.3 Å². The van der Waals surface area contributed by atoms with Gasteiger partial charge in [0.1, 0.15) is 0 Å². The number of amides is 1. The quantitative estimate of drug-likeness (QED) is 0.657. The average molecular weight is 246 g/mol. The van der Waals surface area contributed by atoms with Crippen molar-refractivity contribution in [1.82, 2.24) is 0 Å². The van der Waals surface area contributed by atoms with Gasteiger partial charge in [0.2, 0.25) is 5.91 Å². The summed E-state index contributed by atoms with van der Waals surface area (Å²) >= 11 is 11.2. The Morgan fingerprint density at radius 1 is 1.27 bits per heavy atom. The lowest BCUT2D eigenvalue weighted by Crippen LogP contribution is -2.28. The highest BCUT2D eigenvalue weighted by Gasteiger charge is 2.19. The number of carbonyl (C=O) groups excluding carboxylic acids is 2. The van der Waals surface area contributed by atoms with Gasteiger partial charge in [-0.05, 0) is 31.2 Å². The van der Waals surface area contributed by atoms with Crippen LogP contribution in [0.2, 0.25) is 5.02 Å². The maximum absolute atomic E-state index is 11.3. The topological polar surface area (TPSA) is 46.2 Å². The van der Waals surface area contributed by atoms with Crippen LogP contribution < -0.4 is 5.32 Å². The molecule has 0 radical (unpaired) electrons. The van der Waals surface area contributed by atoms with Crippen molar-refractivity contribution in [3.05, 3.63) is 29.3 Å². The van der Waals surface area contributed by atoms with Crippen molar-refractivity contribution in [1.29, 1.82) is 0 Å². The van der Waals surface area contributed by atoms with Crippen molar-refractivity contribution >= 4 is 40.6 Å². The molecule has 1 N–H and O–H groups in total. The zero-order valence-corrected chi connectivity index (χ0v) is 9.47. The minimum atomic E-state index is -1.15. The summed E-state index contributed by atoms with van der Waals surface area (Å²) in [4.78, 5) is 22.2. The molecule has 1 aromatic rings. The van der Waals surface area contributed by atoms with Crippen molar-refractivity contribution in [2.75, 3.05) is 5.32 Å². The molecule has 5 heteroatoms. The standard InChI is InChI=1S/C10H9Cl2NO2/c1-6(14)9(12)10(15)13-8-4-2-7(11)3-5-8/h2-5,9H,1H3,(H,13,15)/t9-/m0/s1. The molecule has 0 saturated heterocycles. The summed E-state index contributed by atoms with van der Waals surface area (Å²) in [5, 5.41) is 1.92. The lowest BCUT2D eigenvalue weighted by molar-refractivity contribution is -0.123. The summed E-state index contributed by atoms with van der Waals surface area (Å²) in [6, 6.07) is 6.52. The first-order valence-electron chi connectivity index (χ1n) is 4.21. The third kappa shape index (κ3) is 3.53. The SMILES string of the molecule is CC(=O)[C@H](Cl)C(=O)Nc1ccc(Cl)cc1. The fourth-order valence-electron chi connectivity index (χ4n) is 0.923. The van der Waals surface area contributed by atoms with Crippen LogP contribution >= 0.6 is 23.2 Å². The Balaban J connectivity index is 2.66. The first-order valence-corrected chi connectivity index (χ1v) is 5.03. The van der Waals surface area contributed by atoms with Crippen LogP contribution in [0.25, 0.3) is 0 Å². The van der Waals surface area contributed by atoms with E-state index >= 15 is 0 Å². The van der Waals surface area contributed by atoms with Crippen LogP contribution in [0.5, 0.6) is 0 Å². The Morgan fingerprint density at radius 2 is 1.80 bits per heavy atom. The molecule has 3 nitrogen and oxygen atoms in total. The van der Waals surface area contributed by atoms with Gasteiger partial charge in [0, 0.05) is 10.7 Å². The molecule has 1 amide bonds. The Bertz CT molecular complexity index is 376. The molecule has 1 rings (SSSR count). The number of benzene rings is 1. The normalized spacial score (nSPS) is 11.9. The number of halogens is 2. The van der Waals surface area contributed by atoms with Crippen molar-refractivity contribution in [2.24, 2.45) is 0 Å². The lowest BCUT2D eigenvalue weighted by Gasteiger charge is -2.07. The monoisotopic (exact) mass is 245 g/mol. The summed E-state index contributed by atoms with van der Waals surface area (Å²) in [7, 11) is 0. The van der Waals surface area contributed by atoms with Gasteiger partial charge in [-0.3, -0.25) is 9.59 Å². The Labute approximate surface area is 97.4 Å². The van der Waals surface area contributed by atoms with E-state index in [9.17, 15) is 9.59 Å². The second-order valence-electron chi connectivity index (χ2n) is 2.97.